The van der Waals surface area contributed by atoms with E-state index in [1.807, 2.05) is 20.0 Å². The molecule has 1 aliphatic heterocycles. The van der Waals surface area contributed by atoms with Gasteiger partial charge in [-0.15, -0.1) is 0 Å². The Morgan fingerprint density at radius 2 is 2.35 bits per heavy atom. The highest BCUT2D eigenvalue weighted by molar-refractivity contribution is 5.49. The average molecular weight is 236 g/mol. The second kappa shape index (κ2) is 5.31. The van der Waals surface area contributed by atoms with Crippen molar-refractivity contribution in [2.75, 3.05) is 37.0 Å². The molecular weight excluding hydrogens is 216 g/mol. The van der Waals surface area contributed by atoms with Crippen LogP contribution in [0, 0.1) is 12.8 Å². The van der Waals surface area contributed by atoms with Crippen molar-refractivity contribution >= 4 is 11.6 Å². The molecule has 5 nitrogen and oxygen atoms in total. The molecule has 0 saturated carbocycles. The van der Waals surface area contributed by atoms with Gasteiger partial charge in [-0.2, -0.15) is 0 Å². The number of piperidine rings is 1. The summed E-state index contributed by atoms with van der Waals surface area (Å²) in [4.78, 5) is 11.0. The minimum Gasteiger partial charge on any atom is -0.396 e. The number of aryl methyl sites for hydroxylation is 1. The zero-order valence-corrected chi connectivity index (χ0v) is 10.5. The second-order valence-corrected chi connectivity index (χ2v) is 4.55. The van der Waals surface area contributed by atoms with Gasteiger partial charge in [-0.25, -0.2) is 9.97 Å². The van der Waals surface area contributed by atoms with Crippen LogP contribution in [0.15, 0.2) is 6.07 Å². The van der Waals surface area contributed by atoms with Crippen molar-refractivity contribution < 1.29 is 5.11 Å². The number of rotatable bonds is 3. The Hall–Kier alpha value is -1.36. The lowest BCUT2D eigenvalue weighted by Crippen LogP contribution is -2.37. The smallest absolute Gasteiger partial charge is 0.134 e. The van der Waals surface area contributed by atoms with Gasteiger partial charge >= 0.3 is 0 Å². The van der Waals surface area contributed by atoms with E-state index in [1.54, 1.807) is 0 Å². The fourth-order valence-electron chi connectivity index (χ4n) is 2.26. The molecule has 5 heteroatoms. The molecule has 1 unspecified atom stereocenters. The van der Waals surface area contributed by atoms with Gasteiger partial charge in [-0.3, -0.25) is 0 Å². The van der Waals surface area contributed by atoms with Crippen molar-refractivity contribution in [3.8, 4) is 0 Å². The molecule has 17 heavy (non-hydrogen) atoms. The SMILES string of the molecule is CNc1cc(N2CCCC(CO)C2)nc(C)n1. The molecule has 1 aromatic heterocycles. The molecular formula is C12H20N4O. The molecule has 1 atom stereocenters. The first kappa shape index (κ1) is 12.1. The van der Waals surface area contributed by atoms with E-state index in [0.717, 1.165) is 43.4 Å². The Kier molecular flexibility index (Phi) is 3.78. The van der Waals surface area contributed by atoms with Crippen LogP contribution in [-0.2, 0) is 0 Å². The Labute approximate surface area is 102 Å². The standard InChI is InChI=1S/C12H20N4O/c1-9-14-11(13-2)6-12(15-9)16-5-3-4-10(7-16)8-17/h6,10,17H,3-5,7-8H2,1-2H3,(H,13,14,15). The maximum absolute atomic E-state index is 9.24. The Bertz CT molecular complexity index is 383. The van der Waals surface area contributed by atoms with E-state index >= 15 is 0 Å². The molecule has 0 amide bonds. The number of anilines is 2. The number of aromatic nitrogens is 2. The van der Waals surface area contributed by atoms with Crippen LogP contribution in [0.2, 0.25) is 0 Å². The Balaban J connectivity index is 2.18. The monoisotopic (exact) mass is 236 g/mol. The van der Waals surface area contributed by atoms with Gasteiger partial charge in [0.25, 0.3) is 0 Å². The molecule has 0 aromatic carbocycles. The number of hydrogen-bond donors (Lipinski definition) is 2. The molecule has 0 aliphatic carbocycles. The number of nitrogens with one attached hydrogen (secondary N) is 1. The maximum Gasteiger partial charge on any atom is 0.134 e. The van der Waals surface area contributed by atoms with E-state index in [4.69, 9.17) is 0 Å². The zero-order chi connectivity index (χ0) is 12.3. The predicted octanol–water partition coefficient (Wildman–Crippen LogP) is 1.04. The molecule has 94 valence electrons. The lowest BCUT2D eigenvalue weighted by molar-refractivity contribution is 0.208. The molecule has 1 fully saturated rings. The largest absolute Gasteiger partial charge is 0.396 e. The van der Waals surface area contributed by atoms with Crippen molar-refractivity contribution in [2.24, 2.45) is 5.92 Å². The third-order valence-corrected chi connectivity index (χ3v) is 3.18. The van der Waals surface area contributed by atoms with Gasteiger partial charge in [0.05, 0.1) is 0 Å². The summed E-state index contributed by atoms with van der Waals surface area (Å²) in [5.41, 5.74) is 0. The van der Waals surface area contributed by atoms with Crippen LogP contribution in [0.5, 0.6) is 0 Å². The van der Waals surface area contributed by atoms with Gasteiger partial charge in [-0.1, -0.05) is 0 Å². The lowest BCUT2D eigenvalue weighted by Gasteiger charge is -2.32. The first-order valence-electron chi connectivity index (χ1n) is 6.12. The fourth-order valence-corrected chi connectivity index (χ4v) is 2.26. The maximum atomic E-state index is 9.24. The normalized spacial score (nSPS) is 20.4. The topological polar surface area (TPSA) is 61.3 Å². The Morgan fingerprint density at radius 1 is 1.53 bits per heavy atom. The van der Waals surface area contributed by atoms with E-state index in [0.29, 0.717) is 5.92 Å². The summed E-state index contributed by atoms with van der Waals surface area (Å²) in [6, 6.07) is 1.97. The molecule has 1 aromatic rings. The first-order valence-corrected chi connectivity index (χ1v) is 6.12. The van der Waals surface area contributed by atoms with Crippen molar-refractivity contribution in [3.63, 3.8) is 0 Å². The Morgan fingerprint density at radius 3 is 3.06 bits per heavy atom. The first-order chi connectivity index (χ1) is 8.22. The van der Waals surface area contributed by atoms with Gasteiger partial charge in [0.1, 0.15) is 17.5 Å². The summed E-state index contributed by atoms with van der Waals surface area (Å²) in [5.74, 6) is 2.95. The number of hydrogen-bond acceptors (Lipinski definition) is 5. The van der Waals surface area contributed by atoms with Crippen molar-refractivity contribution in [1.29, 1.82) is 0 Å². The molecule has 2 rings (SSSR count). The quantitative estimate of drug-likeness (QED) is 0.821. The minimum absolute atomic E-state index is 0.263. The highest BCUT2D eigenvalue weighted by atomic mass is 16.3. The summed E-state index contributed by atoms with van der Waals surface area (Å²) in [7, 11) is 1.86. The van der Waals surface area contributed by atoms with Gasteiger partial charge in [0.2, 0.25) is 0 Å². The van der Waals surface area contributed by atoms with Crippen LogP contribution >= 0.6 is 0 Å². The third kappa shape index (κ3) is 2.85. The van der Waals surface area contributed by atoms with Crippen LogP contribution in [-0.4, -0.2) is 41.8 Å². The second-order valence-electron chi connectivity index (χ2n) is 4.55. The zero-order valence-electron chi connectivity index (χ0n) is 10.5. The van der Waals surface area contributed by atoms with Crippen molar-refractivity contribution in [2.45, 2.75) is 19.8 Å². The summed E-state index contributed by atoms with van der Waals surface area (Å²) < 4.78 is 0. The van der Waals surface area contributed by atoms with E-state index in [2.05, 4.69) is 20.2 Å². The van der Waals surface area contributed by atoms with E-state index < -0.39 is 0 Å². The van der Waals surface area contributed by atoms with Crippen LogP contribution in [0.1, 0.15) is 18.7 Å². The van der Waals surface area contributed by atoms with Gasteiger partial charge in [0, 0.05) is 32.8 Å². The van der Waals surface area contributed by atoms with E-state index in [9.17, 15) is 5.11 Å². The van der Waals surface area contributed by atoms with Gasteiger partial charge < -0.3 is 15.3 Å². The summed E-state index contributed by atoms with van der Waals surface area (Å²) in [6.45, 7) is 4.06. The lowest BCUT2D eigenvalue weighted by atomic mass is 9.99. The summed E-state index contributed by atoms with van der Waals surface area (Å²) in [5, 5.41) is 12.3. The number of aliphatic hydroxyl groups is 1. The predicted molar refractivity (Wildman–Crippen MR) is 68.3 cm³/mol. The molecule has 2 heterocycles. The van der Waals surface area contributed by atoms with Crippen LogP contribution in [0.25, 0.3) is 0 Å². The highest BCUT2D eigenvalue weighted by Crippen LogP contribution is 2.22. The molecule has 0 bridgehead atoms. The van der Waals surface area contributed by atoms with Gasteiger partial charge in [0.15, 0.2) is 0 Å². The summed E-state index contributed by atoms with van der Waals surface area (Å²) in [6.07, 6.45) is 2.22. The fraction of sp³-hybridized carbons (Fsp3) is 0.667. The molecule has 1 aliphatic rings. The van der Waals surface area contributed by atoms with Crippen molar-refractivity contribution in [3.05, 3.63) is 11.9 Å². The van der Waals surface area contributed by atoms with Gasteiger partial charge in [-0.05, 0) is 25.7 Å². The van der Waals surface area contributed by atoms with E-state index in [-0.39, 0.29) is 6.61 Å². The molecule has 0 spiro atoms. The van der Waals surface area contributed by atoms with Crippen molar-refractivity contribution in [1.82, 2.24) is 9.97 Å². The number of aliphatic hydroxyl groups excluding tert-OH is 1. The molecule has 0 radical (unpaired) electrons. The average Bonchev–Trinajstić information content (AvgIpc) is 2.38. The molecule has 2 N–H and O–H groups in total. The molecule has 1 saturated heterocycles. The van der Waals surface area contributed by atoms with Crippen LogP contribution in [0.3, 0.4) is 0 Å². The van der Waals surface area contributed by atoms with E-state index in [1.165, 1.54) is 0 Å². The summed E-state index contributed by atoms with van der Waals surface area (Å²) >= 11 is 0. The van der Waals surface area contributed by atoms with Crippen LogP contribution in [0.4, 0.5) is 11.6 Å². The van der Waals surface area contributed by atoms with Crippen LogP contribution < -0.4 is 10.2 Å². The third-order valence-electron chi connectivity index (χ3n) is 3.18. The highest BCUT2D eigenvalue weighted by Gasteiger charge is 2.20. The number of nitrogens with zero attached hydrogens (tertiary/aromatic N) is 3. The minimum atomic E-state index is 0.263.